The normalized spacial score (nSPS) is 14.3. The highest BCUT2D eigenvalue weighted by Gasteiger charge is 2.20. The second-order valence-corrected chi connectivity index (χ2v) is 5.16. The van der Waals surface area contributed by atoms with Crippen molar-refractivity contribution in [1.82, 2.24) is 5.32 Å². The van der Waals surface area contributed by atoms with Crippen molar-refractivity contribution in [1.29, 1.82) is 0 Å². The summed E-state index contributed by atoms with van der Waals surface area (Å²) in [6.45, 7) is 0.828. The minimum atomic E-state index is -0.324. The average molecular weight is 271 g/mol. The van der Waals surface area contributed by atoms with Gasteiger partial charge in [-0.2, -0.15) is 0 Å². The Morgan fingerprint density at radius 1 is 1.20 bits per heavy atom. The molecule has 2 aromatic rings. The van der Waals surface area contributed by atoms with Crippen LogP contribution in [0.15, 0.2) is 42.5 Å². The summed E-state index contributed by atoms with van der Waals surface area (Å²) >= 11 is 0. The Morgan fingerprint density at radius 2 is 2.00 bits per heavy atom. The van der Waals surface area contributed by atoms with E-state index in [1.807, 2.05) is 24.3 Å². The van der Waals surface area contributed by atoms with Crippen LogP contribution in [0, 0.1) is 5.82 Å². The summed E-state index contributed by atoms with van der Waals surface area (Å²) in [6.07, 6.45) is 2.53. The molecule has 1 N–H and O–H groups in total. The molecule has 3 heteroatoms. The maximum Gasteiger partial charge on any atom is 0.165 e. The Hall–Kier alpha value is -1.87. The van der Waals surface area contributed by atoms with Crippen LogP contribution in [0.4, 0.5) is 4.39 Å². The van der Waals surface area contributed by atoms with E-state index in [0.717, 1.165) is 17.7 Å². The molecule has 2 nitrogen and oxygen atoms in total. The molecule has 104 valence electrons. The number of halogens is 1. The molecule has 1 fully saturated rings. The van der Waals surface area contributed by atoms with Gasteiger partial charge in [0.15, 0.2) is 11.6 Å². The second-order valence-electron chi connectivity index (χ2n) is 5.16. The van der Waals surface area contributed by atoms with Crippen LogP contribution in [-0.2, 0) is 6.54 Å². The van der Waals surface area contributed by atoms with E-state index in [9.17, 15) is 4.39 Å². The summed E-state index contributed by atoms with van der Waals surface area (Å²) in [4.78, 5) is 0. The summed E-state index contributed by atoms with van der Waals surface area (Å²) in [5.74, 6) is -0.0442. The Labute approximate surface area is 118 Å². The Kier molecular flexibility index (Phi) is 3.70. The Bertz CT molecular complexity index is 608. The molecule has 1 saturated carbocycles. The topological polar surface area (TPSA) is 21.3 Å². The van der Waals surface area contributed by atoms with Gasteiger partial charge in [0.25, 0.3) is 0 Å². The number of hydrogen-bond acceptors (Lipinski definition) is 2. The third-order valence-corrected chi connectivity index (χ3v) is 3.64. The fourth-order valence-corrected chi connectivity index (χ4v) is 2.33. The van der Waals surface area contributed by atoms with Crippen LogP contribution in [0.3, 0.4) is 0 Å². The molecule has 2 aromatic carbocycles. The first-order chi connectivity index (χ1) is 9.78. The first-order valence-corrected chi connectivity index (χ1v) is 6.93. The first kappa shape index (κ1) is 13.1. The van der Waals surface area contributed by atoms with E-state index in [0.29, 0.717) is 6.04 Å². The molecule has 0 amide bonds. The van der Waals surface area contributed by atoms with Gasteiger partial charge in [0, 0.05) is 12.6 Å². The lowest BCUT2D eigenvalue weighted by molar-refractivity contribution is 0.386. The Balaban J connectivity index is 1.89. The van der Waals surface area contributed by atoms with E-state index in [1.165, 1.54) is 31.6 Å². The van der Waals surface area contributed by atoms with Crippen molar-refractivity contribution in [2.75, 3.05) is 7.11 Å². The minimum Gasteiger partial charge on any atom is -0.494 e. The van der Waals surface area contributed by atoms with E-state index in [-0.39, 0.29) is 11.6 Å². The van der Waals surface area contributed by atoms with Crippen molar-refractivity contribution < 1.29 is 9.13 Å². The quantitative estimate of drug-likeness (QED) is 0.894. The standard InChI is InChI=1S/C17H18FNO/c1-20-17-9-6-12(10-16(17)18)15-5-3-2-4-13(15)11-19-14-7-8-14/h2-6,9-10,14,19H,7-8,11H2,1H3. The van der Waals surface area contributed by atoms with Gasteiger partial charge in [-0.15, -0.1) is 0 Å². The molecule has 0 spiro atoms. The van der Waals surface area contributed by atoms with Crippen LogP contribution in [0.25, 0.3) is 11.1 Å². The highest BCUT2D eigenvalue weighted by molar-refractivity contribution is 5.68. The van der Waals surface area contributed by atoms with Crippen molar-refractivity contribution >= 4 is 0 Å². The summed E-state index contributed by atoms with van der Waals surface area (Å²) in [6, 6.07) is 13.9. The minimum absolute atomic E-state index is 0.280. The molecule has 20 heavy (non-hydrogen) atoms. The third-order valence-electron chi connectivity index (χ3n) is 3.64. The van der Waals surface area contributed by atoms with Crippen molar-refractivity contribution in [2.24, 2.45) is 0 Å². The summed E-state index contributed by atoms with van der Waals surface area (Å²) in [7, 11) is 1.48. The zero-order valence-corrected chi connectivity index (χ0v) is 11.5. The van der Waals surface area contributed by atoms with Gasteiger partial charge in [-0.25, -0.2) is 4.39 Å². The van der Waals surface area contributed by atoms with E-state index in [2.05, 4.69) is 11.4 Å². The number of methoxy groups -OCH3 is 1. The van der Waals surface area contributed by atoms with Crippen LogP contribution in [0.2, 0.25) is 0 Å². The van der Waals surface area contributed by atoms with E-state index in [1.54, 1.807) is 6.07 Å². The lowest BCUT2D eigenvalue weighted by Gasteiger charge is -2.11. The highest BCUT2D eigenvalue weighted by Crippen LogP contribution is 2.28. The van der Waals surface area contributed by atoms with Gasteiger partial charge >= 0.3 is 0 Å². The van der Waals surface area contributed by atoms with Crippen molar-refractivity contribution in [3.05, 3.63) is 53.8 Å². The highest BCUT2D eigenvalue weighted by atomic mass is 19.1. The zero-order chi connectivity index (χ0) is 13.9. The zero-order valence-electron chi connectivity index (χ0n) is 11.5. The monoisotopic (exact) mass is 271 g/mol. The first-order valence-electron chi connectivity index (χ1n) is 6.93. The number of nitrogens with one attached hydrogen (secondary N) is 1. The van der Waals surface area contributed by atoms with Crippen molar-refractivity contribution in [3.63, 3.8) is 0 Å². The van der Waals surface area contributed by atoms with E-state index >= 15 is 0 Å². The van der Waals surface area contributed by atoms with Crippen molar-refractivity contribution in [3.8, 4) is 16.9 Å². The molecule has 1 aliphatic carbocycles. The summed E-state index contributed by atoms with van der Waals surface area (Å²) in [5, 5.41) is 3.50. The van der Waals surface area contributed by atoms with Gasteiger partial charge in [0.2, 0.25) is 0 Å². The lowest BCUT2D eigenvalue weighted by atomic mass is 9.99. The molecule has 0 radical (unpaired) electrons. The van der Waals surface area contributed by atoms with E-state index < -0.39 is 0 Å². The van der Waals surface area contributed by atoms with Gasteiger partial charge in [-0.3, -0.25) is 0 Å². The van der Waals surface area contributed by atoms with Crippen molar-refractivity contribution in [2.45, 2.75) is 25.4 Å². The van der Waals surface area contributed by atoms with Gasteiger partial charge < -0.3 is 10.1 Å². The number of rotatable bonds is 5. The molecular formula is C17H18FNO. The molecule has 0 heterocycles. The fourth-order valence-electron chi connectivity index (χ4n) is 2.33. The van der Waals surface area contributed by atoms with E-state index in [4.69, 9.17) is 4.74 Å². The van der Waals surface area contributed by atoms with Gasteiger partial charge in [-0.1, -0.05) is 30.3 Å². The maximum atomic E-state index is 13.9. The second kappa shape index (κ2) is 5.63. The molecular weight excluding hydrogens is 253 g/mol. The summed E-state index contributed by atoms with van der Waals surface area (Å²) < 4.78 is 18.8. The summed E-state index contributed by atoms with van der Waals surface area (Å²) in [5.41, 5.74) is 3.16. The Morgan fingerprint density at radius 3 is 2.70 bits per heavy atom. The number of hydrogen-bond donors (Lipinski definition) is 1. The maximum absolute atomic E-state index is 13.9. The molecule has 0 bridgehead atoms. The van der Waals surface area contributed by atoms with Gasteiger partial charge in [-0.05, 0) is 41.7 Å². The van der Waals surface area contributed by atoms with Crippen LogP contribution in [-0.4, -0.2) is 13.2 Å². The molecule has 1 aliphatic rings. The predicted molar refractivity (Wildman–Crippen MR) is 78.2 cm³/mol. The van der Waals surface area contributed by atoms with Crippen LogP contribution in [0.5, 0.6) is 5.75 Å². The molecule has 0 aromatic heterocycles. The predicted octanol–water partition coefficient (Wildman–Crippen LogP) is 3.75. The largest absolute Gasteiger partial charge is 0.494 e. The third kappa shape index (κ3) is 2.83. The number of ether oxygens (including phenoxy) is 1. The molecule has 0 saturated heterocycles. The van der Waals surface area contributed by atoms with Crippen LogP contribution < -0.4 is 10.1 Å². The average Bonchev–Trinajstić information content (AvgIpc) is 3.29. The molecule has 0 atom stereocenters. The smallest absolute Gasteiger partial charge is 0.165 e. The lowest BCUT2D eigenvalue weighted by Crippen LogP contribution is -2.15. The fraction of sp³-hybridized carbons (Fsp3) is 0.294. The van der Waals surface area contributed by atoms with Crippen LogP contribution in [0.1, 0.15) is 18.4 Å². The number of benzene rings is 2. The van der Waals surface area contributed by atoms with Gasteiger partial charge in [0.1, 0.15) is 0 Å². The van der Waals surface area contributed by atoms with Crippen LogP contribution >= 0.6 is 0 Å². The molecule has 0 aliphatic heterocycles. The van der Waals surface area contributed by atoms with Gasteiger partial charge in [0.05, 0.1) is 7.11 Å². The SMILES string of the molecule is COc1ccc(-c2ccccc2CNC2CC2)cc1F. The molecule has 3 rings (SSSR count). The molecule has 0 unspecified atom stereocenters.